The van der Waals surface area contributed by atoms with Crippen molar-refractivity contribution < 1.29 is 0 Å². The fourth-order valence-electron chi connectivity index (χ4n) is 2.15. The van der Waals surface area contributed by atoms with Gasteiger partial charge in [0.2, 0.25) is 0 Å². The molecule has 1 fully saturated rings. The zero-order valence-corrected chi connectivity index (χ0v) is 9.36. The molecule has 1 aromatic heterocycles. The third kappa shape index (κ3) is 1.97. The summed E-state index contributed by atoms with van der Waals surface area (Å²) in [6.07, 6.45) is 4.11. The van der Waals surface area contributed by atoms with Gasteiger partial charge in [-0.3, -0.25) is 4.79 Å². The van der Waals surface area contributed by atoms with E-state index in [1.807, 2.05) is 32.2 Å². The van der Waals surface area contributed by atoms with Gasteiger partial charge in [0.15, 0.2) is 0 Å². The number of aromatic nitrogens is 1. The summed E-state index contributed by atoms with van der Waals surface area (Å²) in [5, 5.41) is 3.37. The van der Waals surface area contributed by atoms with Gasteiger partial charge >= 0.3 is 0 Å². The van der Waals surface area contributed by atoms with E-state index in [4.69, 9.17) is 0 Å². The van der Waals surface area contributed by atoms with Crippen LogP contribution in [-0.4, -0.2) is 11.1 Å². The molecule has 1 saturated heterocycles. The van der Waals surface area contributed by atoms with Crippen LogP contribution in [0.1, 0.15) is 44.3 Å². The number of hydrogen-bond donors (Lipinski definition) is 1. The predicted molar refractivity (Wildman–Crippen MR) is 61.1 cm³/mol. The maximum absolute atomic E-state index is 12.1. The summed E-state index contributed by atoms with van der Waals surface area (Å²) in [6.45, 7) is 5.10. The van der Waals surface area contributed by atoms with Crippen molar-refractivity contribution in [2.75, 3.05) is 6.54 Å². The topological polar surface area (TPSA) is 34.0 Å². The van der Waals surface area contributed by atoms with E-state index in [1.54, 1.807) is 4.57 Å². The Kier molecular flexibility index (Phi) is 2.91. The second kappa shape index (κ2) is 4.19. The first-order chi connectivity index (χ1) is 7.20. The van der Waals surface area contributed by atoms with E-state index in [1.165, 1.54) is 6.42 Å². The Morgan fingerprint density at radius 1 is 1.53 bits per heavy atom. The Hall–Kier alpha value is -1.09. The van der Waals surface area contributed by atoms with Crippen molar-refractivity contribution in [2.24, 2.45) is 0 Å². The molecule has 1 unspecified atom stereocenters. The van der Waals surface area contributed by atoms with E-state index in [-0.39, 0.29) is 17.6 Å². The van der Waals surface area contributed by atoms with E-state index in [0.717, 1.165) is 18.5 Å². The summed E-state index contributed by atoms with van der Waals surface area (Å²) < 4.78 is 1.80. The van der Waals surface area contributed by atoms with Gasteiger partial charge in [0.25, 0.3) is 5.56 Å². The zero-order valence-electron chi connectivity index (χ0n) is 9.36. The second-order valence-corrected chi connectivity index (χ2v) is 4.42. The van der Waals surface area contributed by atoms with Crippen LogP contribution in [0, 0.1) is 0 Å². The average molecular weight is 206 g/mol. The molecular weight excluding hydrogens is 188 g/mol. The normalized spacial score (nSPS) is 21.1. The van der Waals surface area contributed by atoms with E-state index in [9.17, 15) is 4.79 Å². The molecule has 1 aliphatic rings. The largest absolute Gasteiger partial charge is 0.313 e. The predicted octanol–water partition coefficient (Wildman–Crippen LogP) is 1.85. The van der Waals surface area contributed by atoms with Crippen LogP contribution in [0.4, 0.5) is 0 Å². The van der Waals surface area contributed by atoms with Crippen LogP contribution in [0.3, 0.4) is 0 Å². The Labute approximate surface area is 90.1 Å². The van der Waals surface area contributed by atoms with Crippen molar-refractivity contribution in [3.8, 4) is 0 Å². The molecule has 2 rings (SSSR count). The lowest BCUT2D eigenvalue weighted by atomic mass is 10.1. The van der Waals surface area contributed by atoms with Gasteiger partial charge < -0.3 is 9.88 Å². The van der Waals surface area contributed by atoms with Crippen molar-refractivity contribution in [3.05, 3.63) is 34.2 Å². The highest BCUT2D eigenvalue weighted by molar-refractivity contribution is 5.16. The van der Waals surface area contributed by atoms with E-state index in [2.05, 4.69) is 5.32 Å². The number of rotatable bonds is 2. The molecule has 2 heterocycles. The van der Waals surface area contributed by atoms with Crippen LogP contribution in [0.25, 0.3) is 0 Å². The van der Waals surface area contributed by atoms with Crippen LogP contribution < -0.4 is 10.9 Å². The maximum atomic E-state index is 12.1. The summed E-state index contributed by atoms with van der Waals surface area (Å²) in [4.78, 5) is 12.1. The van der Waals surface area contributed by atoms with Gasteiger partial charge in [-0.1, -0.05) is 6.07 Å². The molecule has 0 spiro atoms. The summed E-state index contributed by atoms with van der Waals surface area (Å²) >= 11 is 0. The van der Waals surface area contributed by atoms with Crippen molar-refractivity contribution >= 4 is 0 Å². The van der Waals surface area contributed by atoms with Gasteiger partial charge in [-0.25, -0.2) is 0 Å². The molecule has 0 bridgehead atoms. The molecule has 3 heteroatoms. The van der Waals surface area contributed by atoms with Crippen LogP contribution in [0.5, 0.6) is 0 Å². The molecule has 1 N–H and O–H groups in total. The standard InChI is InChI=1S/C12H18N2O/c1-9(2)14-8-4-5-10(12(14)15)11-6-3-7-13-11/h4-5,8-9,11,13H,3,6-7H2,1-2H3. The SMILES string of the molecule is CC(C)n1cccc(C2CCCN2)c1=O. The minimum atomic E-state index is 0.159. The van der Waals surface area contributed by atoms with Crippen LogP contribution in [-0.2, 0) is 0 Å². The van der Waals surface area contributed by atoms with Crippen molar-refractivity contribution in [1.29, 1.82) is 0 Å². The van der Waals surface area contributed by atoms with Crippen LogP contribution in [0.15, 0.2) is 23.1 Å². The number of hydrogen-bond acceptors (Lipinski definition) is 2. The molecule has 1 aromatic rings. The molecule has 0 aliphatic carbocycles. The average Bonchev–Trinajstić information content (AvgIpc) is 2.70. The molecule has 0 radical (unpaired) electrons. The first-order valence-corrected chi connectivity index (χ1v) is 5.64. The Bertz CT molecular complexity index is 389. The molecule has 0 amide bonds. The van der Waals surface area contributed by atoms with Gasteiger partial charge in [0, 0.05) is 23.8 Å². The monoisotopic (exact) mass is 206 g/mol. The van der Waals surface area contributed by atoms with Gasteiger partial charge in [-0.2, -0.15) is 0 Å². The molecule has 3 nitrogen and oxygen atoms in total. The highest BCUT2D eigenvalue weighted by Crippen LogP contribution is 2.20. The fourth-order valence-corrected chi connectivity index (χ4v) is 2.15. The lowest BCUT2D eigenvalue weighted by Crippen LogP contribution is -2.28. The summed E-state index contributed by atoms with van der Waals surface area (Å²) in [5.74, 6) is 0. The van der Waals surface area contributed by atoms with E-state index >= 15 is 0 Å². The van der Waals surface area contributed by atoms with Gasteiger partial charge in [0.1, 0.15) is 0 Å². The number of nitrogens with one attached hydrogen (secondary N) is 1. The minimum Gasteiger partial charge on any atom is -0.313 e. The van der Waals surface area contributed by atoms with Gasteiger partial charge in [0.05, 0.1) is 0 Å². The molecule has 0 aromatic carbocycles. The number of nitrogens with zero attached hydrogens (tertiary/aromatic N) is 1. The highest BCUT2D eigenvalue weighted by Gasteiger charge is 2.19. The van der Waals surface area contributed by atoms with Crippen LogP contribution in [0.2, 0.25) is 0 Å². The van der Waals surface area contributed by atoms with Gasteiger partial charge in [-0.05, 0) is 39.3 Å². The molecule has 15 heavy (non-hydrogen) atoms. The molecular formula is C12H18N2O. The van der Waals surface area contributed by atoms with Crippen molar-refractivity contribution in [1.82, 2.24) is 9.88 Å². The van der Waals surface area contributed by atoms with E-state index < -0.39 is 0 Å². The third-order valence-electron chi connectivity index (χ3n) is 3.00. The minimum absolute atomic E-state index is 0.159. The maximum Gasteiger partial charge on any atom is 0.255 e. The van der Waals surface area contributed by atoms with E-state index in [0.29, 0.717) is 0 Å². The Morgan fingerprint density at radius 2 is 2.33 bits per heavy atom. The van der Waals surface area contributed by atoms with Gasteiger partial charge in [-0.15, -0.1) is 0 Å². The van der Waals surface area contributed by atoms with Crippen LogP contribution >= 0.6 is 0 Å². The first kappa shape index (κ1) is 10.4. The summed E-state index contributed by atoms with van der Waals surface area (Å²) in [7, 11) is 0. The number of pyridine rings is 1. The quantitative estimate of drug-likeness (QED) is 0.801. The summed E-state index contributed by atoms with van der Waals surface area (Å²) in [5.41, 5.74) is 1.08. The lowest BCUT2D eigenvalue weighted by Gasteiger charge is -2.14. The highest BCUT2D eigenvalue weighted by atomic mass is 16.1. The second-order valence-electron chi connectivity index (χ2n) is 4.42. The Balaban J connectivity index is 2.39. The molecule has 1 aliphatic heterocycles. The lowest BCUT2D eigenvalue weighted by molar-refractivity contribution is 0.555. The third-order valence-corrected chi connectivity index (χ3v) is 3.00. The van der Waals surface area contributed by atoms with Crippen molar-refractivity contribution in [3.63, 3.8) is 0 Å². The molecule has 1 atom stereocenters. The first-order valence-electron chi connectivity index (χ1n) is 5.64. The Morgan fingerprint density at radius 3 is 2.93 bits per heavy atom. The smallest absolute Gasteiger partial charge is 0.255 e. The van der Waals surface area contributed by atoms with Crippen molar-refractivity contribution in [2.45, 2.75) is 38.8 Å². The summed E-state index contributed by atoms with van der Waals surface area (Å²) in [6, 6.07) is 4.42. The fraction of sp³-hybridized carbons (Fsp3) is 0.583. The molecule has 82 valence electrons. The molecule has 0 saturated carbocycles. The zero-order chi connectivity index (χ0) is 10.8.